The molecule has 0 saturated carbocycles. The SMILES string of the molecule is C=C(C)C(=O)OCC12C=CC(CC1C(=O)OCCCCOC(=O)C1CC3C=CC1(COC(=O)C(=C)C)O3)O2. The molecule has 0 aromatic heterocycles. The van der Waals surface area contributed by atoms with Crippen LogP contribution in [0.3, 0.4) is 0 Å². The fraction of sp³-hybridized carbons (Fsp3) is 0.571. The topological polar surface area (TPSA) is 124 Å². The first-order chi connectivity index (χ1) is 18.0. The highest BCUT2D eigenvalue weighted by Gasteiger charge is 2.56. The molecule has 4 aliphatic rings. The van der Waals surface area contributed by atoms with Crippen molar-refractivity contribution in [3.05, 3.63) is 48.6 Å². The van der Waals surface area contributed by atoms with Crippen molar-refractivity contribution >= 4 is 23.9 Å². The van der Waals surface area contributed by atoms with Crippen LogP contribution in [-0.4, -0.2) is 73.7 Å². The van der Waals surface area contributed by atoms with Crippen LogP contribution in [0.15, 0.2) is 48.6 Å². The molecule has 10 heteroatoms. The maximum atomic E-state index is 12.8. The van der Waals surface area contributed by atoms with E-state index in [4.69, 9.17) is 28.4 Å². The molecule has 0 radical (unpaired) electrons. The van der Waals surface area contributed by atoms with Crippen molar-refractivity contribution in [3.8, 4) is 0 Å². The minimum absolute atomic E-state index is 0.0871. The molecule has 4 aliphatic heterocycles. The molecule has 0 aromatic carbocycles. The Bertz CT molecular complexity index is 990. The van der Waals surface area contributed by atoms with E-state index in [0.717, 1.165) is 0 Å². The number of carbonyl (C=O) groups is 4. The van der Waals surface area contributed by atoms with Crippen LogP contribution in [0.5, 0.6) is 0 Å². The number of rotatable bonds is 13. The van der Waals surface area contributed by atoms with Crippen LogP contribution < -0.4 is 0 Å². The fourth-order valence-corrected chi connectivity index (χ4v) is 5.09. The summed E-state index contributed by atoms with van der Waals surface area (Å²) in [6.07, 6.45) is 8.72. The molecule has 10 nitrogen and oxygen atoms in total. The molecule has 4 bridgehead atoms. The monoisotopic (exact) mass is 530 g/mol. The van der Waals surface area contributed by atoms with Crippen molar-refractivity contribution in [2.45, 2.75) is 62.9 Å². The summed E-state index contributed by atoms with van der Waals surface area (Å²) in [6.45, 7) is 10.4. The zero-order chi connectivity index (χ0) is 27.5. The summed E-state index contributed by atoms with van der Waals surface area (Å²) in [7, 11) is 0. The van der Waals surface area contributed by atoms with E-state index in [9.17, 15) is 19.2 Å². The van der Waals surface area contributed by atoms with Crippen LogP contribution in [0.1, 0.15) is 39.5 Å². The Morgan fingerprint density at radius 1 is 0.737 bits per heavy atom. The summed E-state index contributed by atoms with van der Waals surface area (Å²) in [5.74, 6) is -3.07. The first-order valence-electron chi connectivity index (χ1n) is 12.8. The number of unbranched alkanes of at least 4 members (excludes halogenated alkanes) is 1. The number of hydrogen-bond donors (Lipinski definition) is 0. The van der Waals surface area contributed by atoms with Gasteiger partial charge in [-0.1, -0.05) is 25.3 Å². The Hall–Kier alpha value is -3.24. The van der Waals surface area contributed by atoms with E-state index in [2.05, 4.69) is 13.2 Å². The molecule has 2 fully saturated rings. The lowest BCUT2D eigenvalue weighted by Gasteiger charge is -2.28. The van der Waals surface area contributed by atoms with Gasteiger partial charge in [-0.3, -0.25) is 9.59 Å². The van der Waals surface area contributed by atoms with Gasteiger partial charge in [0, 0.05) is 11.1 Å². The Kier molecular flexibility index (Phi) is 8.22. The second-order valence-electron chi connectivity index (χ2n) is 10.3. The second-order valence-corrected chi connectivity index (χ2v) is 10.3. The van der Waals surface area contributed by atoms with Crippen molar-refractivity contribution in [2.75, 3.05) is 26.4 Å². The maximum absolute atomic E-state index is 12.8. The van der Waals surface area contributed by atoms with E-state index < -0.39 is 46.9 Å². The van der Waals surface area contributed by atoms with Crippen molar-refractivity contribution in [1.29, 1.82) is 0 Å². The molecule has 0 aliphatic carbocycles. The molecule has 2 saturated heterocycles. The lowest BCUT2D eigenvalue weighted by molar-refractivity contribution is -0.161. The molecule has 4 heterocycles. The maximum Gasteiger partial charge on any atom is 0.333 e. The minimum Gasteiger partial charge on any atom is -0.465 e. The van der Waals surface area contributed by atoms with Gasteiger partial charge in [-0.2, -0.15) is 0 Å². The molecule has 4 rings (SSSR count). The molecule has 6 atom stereocenters. The summed E-state index contributed by atoms with van der Waals surface area (Å²) in [5, 5.41) is 0. The number of esters is 4. The van der Waals surface area contributed by atoms with E-state index in [0.29, 0.717) is 25.7 Å². The molecular weight excluding hydrogens is 496 g/mol. The zero-order valence-electron chi connectivity index (χ0n) is 21.8. The van der Waals surface area contributed by atoms with Gasteiger partial charge in [0.15, 0.2) is 0 Å². The second kappa shape index (κ2) is 11.2. The van der Waals surface area contributed by atoms with Gasteiger partial charge < -0.3 is 28.4 Å². The summed E-state index contributed by atoms with van der Waals surface area (Å²) in [5.41, 5.74) is -1.50. The van der Waals surface area contributed by atoms with Gasteiger partial charge in [0.1, 0.15) is 24.4 Å². The third-order valence-corrected chi connectivity index (χ3v) is 7.19. The average molecular weight is 531 g/mol. The number of ether oxygens (including phenoxy) is 6. The first-order valence-corrected chi connectivity index (χ1v) is 12.8. The van der Waals surface area contributed by atoms with Gasteiger partial charge >= 0.3 is 23.9 Å². The quantitative estimate of drug-likeness (QED) is 0.115. The van der Waals surface area contributed by atoms with Crippen molar-refractivity contribution in [2.24, 2.45) is 11.8 Å². The smallest absolute Gasteiger partial charge is 0.333 e. The van der Waals surface area contributed by atoms with Gasteiger partial charge in [-0.25, -0.2) is 9.59 Å². The summed E-state index contributed by atoms with van der Waals surface area (Å²) in [4.78, 5) is 49.1. The van der Waals surface area contributed by atoms with E-state index in [1.807, 2.05) is 12.2 Å². The Morgan fingerprint density at radius 3 is 1.47 bits per heavy atom. The molecule has 0 N–H and O–H groups in total. The van der Waals surface area contributed by atoms with Crippen LogP contribution in [-0.2, 0) is 47.6 Å². The summed E-state index contributed by atoms with van der Waals surface area (Å²) >= 11 is 0. The largest absolute Gasteiger partial charge is 0.465 e. The molecular formula is C28H34O10. The fourth-order valence-electron chi connectivity index (χ4n) is 5.09. The highest BCUT2D eigenvalue weighted by molar-refractivity contribution is 5.87. The average Bonchev–Trinajstić information content (AvgIpc) is 3.66. The number of hydrogen-bond acceptors (Lipinski definition) is 10. The molecule has 0 spiro atoms. The van der Waals surface area contributed by atoms with Gasteiger partial charge in [-0.05, 0) is 51.7 Å². The van der Waals surface area contributed by atoms with E-state index in [1.54, 1.807) is 26.0 Å². The lowest BCUT2D eigenvalue weighted by Crippen LogP contribution is -2.43. The van der Waals surface area contributed by atoms with Gasteiger partial charge in [0.2, 0.25) is 0 Å². The Morgan fingerprint density at radius 2 is 1.13 bits per heavy atom. The van der Waals surface area contributed by atoms with Crippen LogP contribution >= 0.6 is 0 Å². The van der Waals surface area contributed by atoms with Crippen molar-refractivity contribution < 1.29 is 47.6 Å². The predicted molar refractivity (Wildman–Crippen MR) is 132 cm³/mol. The molecule has 38 heavy (non-hydrogen) atoms. The summed E-state index contributed by atoms with van der Waals surface area (Å²) in [6, 6.07) is 0. The minimum atomic E-state index is -1.02. The predicted octanol–water partition coefficient (Wildman–Crippen LogP) is 2.52. The van der Waals surface area contributed by atoms with Crippen molar-refractivity contribution in [1.82, 2.24) is 0 Å². The lowest BCUT2D eigenvalue weighted by atomic mass is 9.83. The van der Waals surface area contributed by atoms with Crippen LogP contribution in [0.2, 0.25) is 0 Å². The third-order valence-electron chi connectivity index (χ3n) is 7.19. The normalized spacial score (nSPS) is 31.7. The molecule has 206 valence electrons. The molecule has 0 amide bonds. The standard InChI is InChI=1S/C28H34O10/c1-17(2)23(29)35-15-27-9-7-19(37-27)13-21(27)25(31)33-11-5-6-12-34-26(32)22-14-20-8-10-28(22,38-20)16-36-24(30)18(3)4/h7-10,19-22H,1,3,5-6,11-16H2,2,4H3. The zero-order valence-corrected chi connectivity index (χ0v) is 21.8. The van der Waals surface area contributed by atoms with E-state index in [-0.39, 0.29) is 49.8 Å². The van der Waals surface area contributed by atoms with Gasteiger partial charge in [0.05, 0.1) is 37.3 Å². The first kappa shape index (κ1) is 27.8. The summed E-state index contributed by atoms with van der Waals surface area (Å²) < 4.78 is 33.2. The molecule has 6 unspecified atom stereocenters. The Balaban J connectivity index is 1.17. The van der Waals surface area contributed by atoms with Crippen molar-refractivity contribution in [3.63, 3.8) is 0 Å². The highest BCUT2D eigenvalue weighted by atomic mass is 16.6. The highest BCUT2D eigenvalue weighted by Crippen LogP contribution is 2.45. The third kappa shape index (κ3) is 5.76. The van der Waals surface area contributed by atoms with Crippen LogP contribution in [0.4, 0.5) is 0 Å². The van der Waals surface area contributed by atoms with Gasteiger partial charge in [0.25, 0.3) is 0 Å². The van der Waals surface area contributed by atoms with E-state index in [1.165, 1.54) is 0 Å². The number of fused-ring (bicyclic) bond motifs is 4. The van der Waals surface area contributed by atoms with E-state index >= 15 is 0 Å². The van der Waals surface area contributed by atoms with Crippen LogP contribution in [0, 0.1) is 11.8 Å². The van der Waals surface area contributed by atoms with Gasteiger partial charge in [-0.15, -0.1) is 0 Å². The van der Waals surface area contributed by atoms with Crippen LogP contribution in [0.25, 0.3) is 0 Å². The Labute approximate surface area is 221 Å². The number of carbonyl (C=O) groups excluding carboxylic acids is 4. The molecule has 0 aromatic rings.